The van der Waals surface area contributed by atoms with Gasteiger partial charge in [-0.05, 0) is 105 Å². The molecule has 0 bridgehead atoms. The molecule has 3 aromatic carbocycles. The van der Waals surface area contributed by atoms with Crippen molar-refractivity contribution in [3.8, 4) is 22.8 Å². The Morgan fingerprint density at radius 3 is 2.63 bits per heavy atom. The van der Waals surface area contributed by atoms with Gasteiger partial charge >= 0.3 is 6.16 Å². The van der Waals surface area contributed by atoms with Crippen LogP contribution in [0.2, 0.25) is 0 Å². The molecule has 59 heavy (non-hydrogen) atoms. The standard InChI is InChI=1S/C43H42N8O5S3/c52-39(48-41-47-33-10-1-2-11-34(33)58-41)30-9-5-8-27-17-22-51(24-31(27)30)42-49-40(56-43(53)54)35(59-42)12-6-23-55-29-15-13-28(14-16-29)32-25-57-37-36(32)45-26-46-38(37)44-18-7-21-50-19-3-4-20-50/h1-2,5,8-11,13-16,25-26H,3-4,6-7,12,17-24H2,(H,53,54)(H,44,45,46)(H,47,48,52). The van der Waals surface area contributed by atoms with Crippen molar-refractivity contribution in [1.82, 2.24) is 24.8 Å². The topological polar surface area (TPSA) is 155 Å². The second-order valence-corrected chi connectivity index (χ2v) is 17.5. The van der Waals surface area contributed by atoms with Crippen molar-refractivity contribution < 1.29 is 24.2 Å². The predicted octanol–water partition coefficient (Wildman–Crippen LogP) is 9.21. The molecule has 0 spiro atoms. The van der Waals surface area contributed by atoms with Gasteiger partial charge in [0.15, 0.2) is 10.3 Å². The summed E-state index contributed by atoms with van der Waals surface area (Å²) < 4.78 is 13.3. The van der Waals surface area contributed by atoms with Crippen LogP contribution in [0.4, 0.5) is 20.9 Å². The molecule has 13 nitrogen and oxygen atoms in total. The third kappa shape index (κ3) is 8.85. The van der Waals surface area contributed by atoms with Crippen molar-refractivity contribution in [3.05, 3.63) is 100 Å². The highest BCUT2D eigenvalue weighted by Crippen LogP contribution is 2.38. The van der Waals surface area contributed by atoms with Gasteiger partial charge in [-0.2, -0.15) is 4.98 Å². The van der Waals surface area contributed by atoms with Crippen LogP contribution in [0.5, 0.6) is 11.6 Å². The number of thiophene rings is 1. The fourth-order valence-electron chi connectivity index (χ4n) is 7.68. The van der Waals surface area contributed by atoms with Gasteiger partial charge < -0.3 is 29.7 Å². The predicted molar refractivity (Wildman–Crippen MR) is 235 cm³/mol. The summed E-state index contributed by atoms with van der Waals surface area (Å²) in [7, 11) is 0. The van der Waals surface area contributed by atoms with Gasteiger partial charge in [-0.25, -0.2) is 19.7 Å². The van der Waals surface area contributed by atoms with E-state index in [0.717, 1.165) is 78.6 Å². The third-order valence-electron chi connectivity index (χ3n) is 10.6. The van der Waals surface area contributed by atoms with Gasteiger partial charge in [0.2, 0.25) is 5.88 Å². The summed E-state index contributed by atoms with van der Waals surface area (Å²) in [6.45, 7) is 5.95. The van der Waals surface area contributed by atoms with Crippen molar-refractivity contribution in [2.45, 2.75) is 45.1 Å². The van der Waals surface area contributed by atoms with E-state index in [2.05, 4.69) is 45.7 Å². The minimum Gasteiger partial charge on any atom is -0.494 e. The van der Waals surface area contributed by atoms with Crippen molar-refractivity contribution in [3.63, 3.8) is 0 Å². The molecule has 0 aliphatic carbocycles. The molecule has 16 heteroatoms. The van der Waals surface area contributed by atoms with E-state index in [4.69, 9.17) is 9.47 Å². The Morgan fingerprint density at radius 1 is 0.915 bits per heavy atom. The number of amides is 1. The molecule has 7 aromatic rings. The molecule has 0 radical (unpaired) electrons. The number of rotatable bonds is 15. The molecule has 2 aliphatic heterocycles. The molecule has 0 saturated carbocycles. The maximum Gasteiger partial charge on any atom is 0.512 e. The number of aryl methyl sites for hydroxylation is 1. The molecule has 1 fully saturated rings. The number of nitrogens with zero attached hydrogens (tertiary/aromatic N) is 6. The number of aromatic nitrogens is 4. The molecule has 2 aliphatic rings. The summed E-state index contributed by atoms with van der Waals surface area (Å²) in [5.41, 5.74) is 6.48. The summed E-state index contributed by atoms with van der Waals surface area (Å²) in [6.07, 6.45) is 5.77. The first-order valence-electron chi connectivity index (χ1n) is 19.8. The van der Waals surface area contributed by atoms with Crippen LogP contribution >= 0.6 is 34.0 Å². The molecule has 4 aromatic heterocycles. The highest BCUT2D eigenvalue weighted by molar-refractivity contribution is 7.22. The maximum absolute atomic E-state index is 13.6. The minimum absolute atomic E-state index is 0.0850. The molecule has 6 heterocycles. The normalized spacial score (nSPS) is 14.1. The van der Waals surface area contributed by atoms with Crippen LogP contribution in [0.25, 0.3) is 31.6 Å². The fraction of sp³-hybridized carbons (Fsp3) is 0.302. The first kappa shape index (κ1) is 38.8. The number of hydrogen-bond acceptors (Lipinski definition) is 14. The average Bonchev–Trinajstić information content (AvgIpc) is 4.08. The molecule has 0 atom stereocenters. The van der Waals surface area contributed by atoms with Gasteiger partial charge in [-0.1, -0.05) is 59.1 Å². The third-order valence-corrected chi connectivity index (χ3v) is 13.7. The lowest BCUT2D eigenvalue weighted by molar-refractivity contribution is 0.102. The first-order chi connectivity index (χ1) is 28.9. The van der Waals surface area contributed by atoms with E-state index < -0.39 is 6.16 Å². The zero-order valence-electron chi connectivity index (χ0n) is 32.2. The number of thiazole rings is 2. The Kier molecular flexibility index (Phi) is 11.6. The van der Waals surface area contributed by atoms with Crippen molar-refractivity contribution in [2.24, 2.45) is 0 Å². The van der Waals surface area contributed by atoms with Gasteiger partial charge in [-0.15, -0.1) is 11.3 Å². The fourth-order valence-corrected chi connectivity index (χ4v) is 10.6. The molecule has 1 saturated heterocycles. The van der Waals surface area contributed by atoms with E-state index in [1.807, 2.05) is 66.7 Å². The molecular weight excluding hydrogens is 805 g/mol. The molecule has 3 N–H and O–H groups in total. The zero-order chi connectivity index (χ0) is 40.1. The Hall–Kier alpha value is -5.68. The lowest BCUT2D eigenvalue weighted by atomic mass is 9.94. The lowest BCUT2D eigenvalue weighted by Gasteiger charge is -2.29. The van der Waals surface area contributed by atoms with Crippen LogP contribution in [0.15, 0.2) is 78.4 Å². The van der Waals surface area contributed by atoms with Crippen LogP contribution < -0.4 is 25.0 Å². The maximum atomic E-state index is 13.6. The van der Waals surface area contributed by atoms with E-state index in [-0.39, 0.29) is 11.8 Å². The van der Waals surface area contributed by atoms with Crippen LogP contribution in [-0.2, 0) is 19.4 Å². The number of carboxylic acid groups (broad SMARTS) is 1. The number of fused-ring (bicyclic) bond motifs is 3. The molecule has 0 unspecified atom stereocenters. The molecule has 302 valence electrons. The lowest BCUT2D eigenvalue weighted by Crippen LogP contribution is -2.32. The van der Waals surface area contributed by atoms with Gasteiger partial charge in [0.05, 0.1) is 31.9 Å². The summed E-state index contributed by atoms with van der Waals surface area (Å²) in [4.78, 5) is 48.9. The van der Waals surface area contributed by atoms with Crippen LogP contribution in [-0.4, -0.2) is 81.3 Å². The summed E-state index contributed by atoms with van der Waals surface area (Å²) >= 11 is 4.50. The second-order valence-electron chi connectivity index (χ2n) is 14.5. The zero-order valence-corrected chi connectivity index (χ0v) is 34.6. The number of likely N-dealkylation sites (tertiary alicyclic amines) is 1. The Balaban J connectivity index is 0.810. The number of nitrogens with one attached hydrogen (secondary N) is 2. The van der Waals surface area contributed by atoms with E-state index in [9.17, 15) is 14.7 Å². The number of hydrogen-bond donors (Lipinski definition) is 3. The van der Waals surface area contributed by atoms with Gasteiger partial charge in [0.1, 0.15) is 17.9 Å². The average molecular weight is 847 g/mol. The Labute approximate surface area is 352 Å². The number of carbonyl (C=O) groups is 2. The Morgan fingerprint density at radius 2 is 1.78 bits per heavy atom. The number of carbonyl (C=O) groups excluding carboxylic acids is 1. The number of benzene rings is 3. The SMILES string of the molecule is O=C(O)Oc1nc(N2CCc3cccc(C(=O)Nc4nc5ccccc5s4)c3C2)sc1CCCOc1ccc(-c2csc3c(NCCCN4CCCC4)ncnc23)cc1. The van der Waals surface area contributed by atoms with Crippen molar-refractivity contribution >= 4 is 82.6 Å². The quantitative estimate of drug-likeness (QED) is 0.0666. The van der Waals surface area contributed by atoms with Gasteiger partial charge in [-0.3, -0.25) is 10.1 Å². The Bertz CT molecular complexity index is 2570. The number of anilines is 3. The summed E-state index contributed by atoms with van der Waals surface area (Å²) in [5, 5.41) is 19.4. The largest absolute Gasteiger partial charge is 0.512 e. The highest BCUT2D eigenvalue weighted by atomic mass is 32.1. The van der Waals surface area contributed by atoms with E-state index in [1.54, 1.807) is 17.7 Å². The molecule has 1 amide bonds. The highest BCUT2D eigenvalue weighted by Gasteiger charge is 2.26. The van der Waals surface area contributed by atoms with Crippen molar-refractivity contribution in [2.75, 3.05) is 54.9 Å². The van der Waals surface area contributed by atoms with E-state index in [0.29, 0.717) is 54.8 Å². The second kappa shape index (κ2) is 17.7. The summed E-state index contributed by atoms with van der Waals surface area (Å²) in [6, 6.07) is 21.6. The number of ether oxygens (including phenoxy) is 2. The van der Waals surface area contributed by atoms with Crippen molar-refractivity contribution in [1.29, 1.82) is 0 Å². The van der Waals surface area contributed by atoms with Gasteiger partial charge in [0.25, 0.3) is 5.91 Å². The van der Waals surface area contributed by atoms with E-state index >= 15 is 0 Å². The first-order valence-corrected chi connectivity index (χ1v) is 22.3. The van der Waals surface area contributed by atoms with Gasteiger partial charge in [0, 0.05) is 36.1 Å². The van der Waals surface area contributed by atoms with E-state index in [1.165, 1.54) is 48.6 Å². The molecular formula is C43H42N8O5S3. The van der Waals surface area contributed by atoms with Crippen LogP contribution in [0.3, 0.4) is 0 Å². The van der Waals surface area contributed by atoms with Crippen LogP contribution in [0, 0.1) is 0 Å². The summed E-state index contributed by atoms with van der Waals surface area (Å²) in [5.74, 6) is 1.49. The minimum atomic E-state index is -1.41. The number of para-hydroxylation sites is 1. The molecule has 9 rings (SSSR count). The van der Waals surface area contributed by atoms with Crippen LogP contribution in [0.1, 0.15) is 52.0 Å². The monoisotopic (exact) mass is 846 g/mol. The smallest absolute Gasteiger partial charge is 0.494 e.